The summed E-state index contributed by atoms with van der Waals surface area (Å²) >= 11 is 0.801. The third-order valence-electron chi connectivity index (χ3n) is 14.5. The predicted octanol–water partition coefficient (Wildman–Crippen LogP) is 20.4. The van der Waals surface area contributed by atoms with Crippen molar-refractivity contribution < 1.29 is 12.8 Å². The van der Waals surface area contributed by atoms with Crippen LogP contribution in [0, 0.1) is 12.1 Å². The van der Waals surface area contributed by atoms with Crippen molar-refractivity contribution in [3.8, 4) is 39.5 Å². The van der Waals surface area contributed by atoms with Crippen LogP contribution >= 0.6 is 9.03 Å². The number of nitrogens with one attached hydrogen (secondary N) is 1. The summed E-state index contributed by atoms with van der Waals surface area (Å²) in [6, 6.07) is 107. The predicted molar refractivity (Wildman–Crippen MR) is 364 cm³/mol. The highest BCUT2D eigenvalue weighted by molar-refractivity contribution is 7.02. The van der Waals surface area contributed by atoms with Crippen molar-refractivity contribution in [1.82, 2.24) is 9.97 Å². The zero-order valence-corrected chi connectivity index (χ0v) is 50.9. The van der Waals surface area contributed by atoms with Crippen molar-refractivity contribution >= 4 is 119 Å². The van der Waals surface area contributed by atoms with E-state index in [0.29, 0.717) is 0 Å². The summed E-state index contributed by atoms with van der Waals surface area (Å²) in [7, 11) is 2.22. The third kappa shape index (κ3) is 13.7. The largest absolute Gasteiger partial charge is 0.881 e. The second-order valence-corrected chi connectivity index (χ2v) is 20.9. The Morgan fingerprint density at radius 3 is 1.31 bits per heavy atom. The van der Waals surface area contributed by atoms with Gasteiger partial charge in [-0.2, -0.15) is 0 Å². The normalized spacial score (nSPS) is 10.5. The molecule has 11 heteroatoms. The number of aromatic nitrogens is 2. The smallest absolute Gasteiger partial charge is 0.649 e. The van der Waals surface area contributed by atoms with Crippen LogP contribution in [0.25, 0.3) is 65.6 Å². The highest BCUT2D eigenvalue weighted by Gasteiger charge is 2.18. The number of para-hydroxylation sites is 4. The Labute approximate surface area is 520 Å². The van der Waals surface area contributed by atoms with Crippen molar-refractivity contribution in [1.29, 1.82) is 5.16 Å². The maximum Gasteiger partial charge on any atom is 0.881 e. The van der Waals surface area contributed by atoms with E-state index < -0.39 is 15.9 Å². The Morgan fingerprint density at radius 2 is 0.779 bits per heavy atom. The first-order chi connectivity index (χ1) is 42.5. The highest BCUT2D eigenvalue weighted by atomic mass is 31.0. The molecule has 0 saturated carbocycles. The van der Waals surface area contributed by atoms with Crippen LogP contribution in [0.15, 0.2) is 316 Å². The minimum Gasteiger partial charge on any atom is -0.649 e. The number of hydrogen-bond donors (Lipinski definition) is 1. The monoisotopic (exact) mass is 1160 g/mol. The number of fused-ring (bicyclic) bond motifs is 4. The van der Waals surface area contributed by atoms with Gasteiger partial charge in [-0.3, -0.25) is 10.1 Å². The van der Waals surface area contributed by atoms with Gasteiger partial charge in [0.2, 0.25) is 0 Å². The molecule has 0 aliphatic rings. The van der Waals surface area contributed by atoms with Gasteiger partial charge in [-0.25, -0.2) is 4.98 Å². The van der Waals surface area contributed by atoms with Gasteiger partial charge in [-0.1, -0.05) is 212 Å². The van der Waals surface area contributed by atoms with Gasteiger partial charge in [0, 0.05) is 57.6 Å². The Kier molecular flexibility index (Phi) is 19.3. The number of aryl methyl sites for hydroxylation is 1. The summed E-state index contributed by atoms with van der Waals surface area (Å²) in [5.74, 6) is 2.41. The van der Waals surface area contributed by atoms with Crippen molar-refractivity contribution in [2.75, 3.05) is 9.80 Å². The van der Waals surface area contributed by atoms with Crippen LogP contribution in [-0.2, 0) is 0 Å². The van der Waals surface area contributed by atoms with Gasteiger partial charge in [0.1, 0.15) is 22.5 Å². The molecule has 0 saturated heterocycles. The summed E-state index contributed by atoms with van der Waals surface area (Å²) < 4.78 is 16.9. The first-order valence-electron chi connectivity index (χ1n) is 28.1. The zero-order valence-electron chi connectivity index (χ0n) is 47.3. The number of rotatable bonds is 13. The molecular weight excluding hydrogens is 1100 g/mol. The minimum atomic E-state index is -0.665. The minimum absolute atomic E-state index is 0. The second kappa shape index (κ2) is 28.6. The molecule has 86 heavy (non-hydrogen) atoms. The van der Waals surface area contributed by atoms with E-state index in [1.54, 1.807) is 6.20 Å². The fraction of sp³-hybridized carbons (Fsp3) is 0.0133. The number of anilines is 6. The molecule has 1 N–H and O–H groups in total. The molecule has 414 valence electrons. The number of pyridine rings is 2. The number of benzene rings is 12. The van der Waals surface area contributed by atoms with Crippen LogP contribution in [0.2, 0.25) is 0 Å². The maximum absolute atomic E-state index is 5.89. The standard InChI is InChI=1S/C44H32N2.C12H10O.C10H9NO.C9H7NO.2Al.H2NP.H2.H/c1-3-17-37(18-4-1)45(43-23-11-15-35-13-7-9-21-41(35)43)39-29-25-33(26-30-39)34-27-31-40(32-28-34)46(38-19-5-2-6-20-38)44-24-12-16-36-14-8-10-22-42(36)44;13-12-8-6-11(7-9-12)10-4-2-1-3-5-10;1-7-5-6-8-3-2-4-9(12)10(8)11-7;11-8-5-1-3-7-4-2-6-10-9(7)8;;;1-2;;/h1-32H;1-9,13H;2-6,12H,1H3;1-6,11H;;;1-2H;1H;/q;;;;+1;+2;;;/p-3/i;;;;;;;1+1;. The van der Waals surface area contributed by atoms with Crippen molar-refractivity contribution in [2.45, 2.75) is 6.92 Å². The lowest BCUT2D eigenvalue weighted by Gasteiger charge is -2.27. The van der Waals surface area contributed by atoms with E-state index in [4.69, 9.17) is 16.5 Å². The van der Waals surface area contributed by atoms with Gasteiger partial charge in [-0.15, -0.1) is 0 Å². The van der Waals surface area contributed by atoms with E-state index in [0.717, 1.165) is 78.9 Å². The van der Waals surface area contributed by atoms with Crippen molar-refractivity contribution in [2.24, 2.45) is 0 Å². The van der Waals surface area contributed by atoms with Crippen LogP contribution in [0.3, 0.4) is 0 Å². The molecule has 2 heterocycles. The van der Waals surface area contributed by atoms with Gasteiger partial charge in [0.05, 0.1) is 17.1 Å². The van der Waals surface area contributed by atoms with Gasteiger partial charge in [0.15, 0.2) is 0 Å². The molecule has 0 amide bonds. The van der Waals surface area contributed by atoms with E-state index in [-0.39, 0.29) is 1.43 Å². The average molecular weight is 1170 g/mol. The quantitative estimate of drug-likeness (QED) is 0.0909. The van der Waals surface area contributed by atoms with E-state index >= 15 is 0 Å². The fourth-order valence-electron chi connectivity index (χ4n) is 10.4. The van der Waals surface area contributed by atoms with Crippen LogP contribution in [-0.4, -0.2) is 42.5 Å². The summed E-state index contributed by atoms with van der Waals surface area (Å²) in [5, 5.41) is 12.6. The van der Waals surface area contributed by atoms with E-state index in [1.165, 1.54) is 60.4 Å². The first-order valence-corrected chi connectivity index (χ1v) is 30.1. The summed E-state index contributed by atoms with van der Waals surface area (Å²) in [4.78, 5) is 13.5. The number of hydrogen-bond acceptors (Lipinski definition) is 8. The Bertz CT molecular complexity index is 4320. The first kappa shape index (κ1) is 57.9. The van der Waals surface area contributed by atoms with Crippen LogP contribution in [0.5, 0.6) is 17.2 Å². The van der Waals surface area contributed by atoms with Crippen LogP contribution in [0.1, 0.15) is 7.12 Å². The molecule has 2 aromatic heterocycles. The molecule has 14 rings (SSSR count). The Balaban J connectivity index is 0.000000170. The lowest BCUT2D eigenvalue weighted by molar-refractivity contribution is 0.461. The molecule has 12 aromatic carbocycles. The summed E-state index contributed by atoms with van der Waals surface area (Å²) in [5.41, 5.74) is 14.3. The molecular formula is C75H60Al2N5O3P. The molecule has 8 nitrogen and oxygen atoms in total. The molecule has 0 atom stereocenters. The van der Waals surface area contributed by atoms with Gasteiger partial charge < -0.3 is 21.2 Å². The Hall–Kier alpha value is -9.86. The van der Waals surface area contributed by atoms with Crippen LogP contribution < -0.4 is 21.2 Å². The second-order valence-electron chi connectivity index (χ2n) is 19.9. The molecule has 0 aliphatic carbocycles. The Morgan fingerprint density at radius 1 is 0.372 bits per heavy atom. The summed E-state index contributed by atoms with van der Waals surface area (Å²) in [6.07, 6.45) is 1.77. The van der Waals surface area contributed by atoms with E-state index in [1.807, 2.05) is 91.9 Å². The molecule has 0 bridgehead atoms. The molecule has 0 unspecified atom stereocenters. The molecule has 0 aliphatic heterocycles. The highest BCUT2D eigenvalue weighted by Crippen LogP contribution is 2.42. The van der Waals surface area contributed by atoms with Crippen molar-refractivity contribution in [3.63, 3.8) is 0 Å². The molecule has 0 fully saturated rings. The average Bonchev–Trinajstić information content (AvgIpc) is 3.20. The van der Waals surface area contributed by atoms with Crippen LogP contribution in [0.4, 0.5) is 34.1 Å². The summed E-state index contributed by atoms with van der Waals surface area (Å²) in [6.45, 7) is 1.98. The van der Waals surface area contributed by atoms with Crippen molar-refractivity contribution in [3.05, 3.63) is 321 Å². The van der Waals surface area contributed by atoms with E-state index in [9.17, 15) is 0 Å². The fourth-order valence-corrected chi connectivity index (χ4v) is 11.3. The zero-order chi connectivity index (χ0) is 58.9. The SMILES string of the molecule is Cc1ccc2cccc([O][Al][O]c3ccc(-c4ccccc4)cc3)c2n1.N=P.[2HH].[AlH][O]c1cccc2cccnc12.c1ccc(N(c2ccc(-c3ccc(N(c4ccccc4)c4cccc5ccccc45)cc3)cc2)c2cccc3ccccc23)cc1. The topological polar surface area (TPSA) is 83.8 Å². The lowest BCUT2D eigenvalue weighted by Crippen LogP contribution is -2.11. The molecule has 2 radical (unpaired) electrons. The van der Waals surface area contributed by atoms with Gasteiger partial charge in [0.25, 0.3) is 0 Å². The van der Waals surface area contributed by atoms with Gasteiger partial charge in [-0.05, 0) is 146 Å². The molecule has 14 aromatic rings. The van der Waals surface area contributed by atoms with E-state index in [2.05, 4.69) is 253 Å². The van der Waals surface area contributed by atoms with Gasteiger partial charge >= 0.3 is 32.5 Å². The third-order valence-corrected chi connectivity index (χ3v) is 15.6. The molecule has 0 spiro atoms. The number of nitrogens with zero attached hydrogens (tertiary/aromatic N) is 4. The lowest BCUT2D eigenvalue weighted by atomic mass is 10.0. The maximum atomic E-state index is 5.89.